The number of hydrogen-bond donors (Lipinski definition) is 2. The minimum Gasteiger partial charge on any atom is -0.366 e. The van der Waals surface area contributed by atoms with E-state index in [9.17, 15) is 9.59 Å². The molecule has 0 radical (unpaired) electrons. The molecule has 0 fully saturated rings. The molecular formula is C16H16N2O2. The van der Waals surface area contributed by atoms with E-state index < -0.39 is 5.91 Å². The molecule has 2 aromatic rings. The topological polar surface area (TPSA) is 72.2 Å². The van der Waals surface area contributed by atoms with Gasteiger partial charge in [-0.15, -0.1) is 0 Å². The second kappa shape index (κ2) is 5.57. The summed E-state index contributed by atoms with van der Waals surface area (Å²) in [5, 5.41) is 2.86. The Morgan fingerprint density at radius 3 is 2.15 bits per heavy atom. The Kier molecular flexibility index (Phi) is 3.84. The van der Waals surface area contributed by atoms with Crippen LogP contribution in [-0.2, 0) is 0 Å². The van der Waals surface area contributed by atoms with E-state index in [0.717, 1.165) is 16.8 Å². The Morgan fingerprint density at radius 1 is 0.950 bits per heavy atom. The SMILES string of the molecule is Cc1cccc(NC(=O)c2ccc(C(N)=O)cc2)c1C. The maximum Gasteiger partial charge on any atom is 0.255 e. The molecule has 4 heteroatoms. The summed E-state index contributed by atoms with van der Waals surface area (Å²) in [6, 6.07) is 12.0. The first-order valence-electron chi connectivity index (χ1n) is 6.26. The molecule has 0 aliphatic carbocycles. The first-order valence-corrected chi connectivity index (χ1v) is 6.26. The molecule has 4 nitrogen and oxygen atoms in total. The number of nitrogens with two attached hydrogens (primary N) is 1. The lowest BCUT2D eigenvalue weighted by molar-refractivity contribution is 0.0995. The highest BCUT2D eigenvalue weighted by molar-refractivity contribution is 6.05. The summed E-state index contributed by atoms with van der Waals surface area (Å²) in [4.78, 5) is 23.1. The molecule has 0 saturated heterocycles. The Bertz CT molecular complexity index is 661. The van der Waals surface area contributed by atoms with E-state index in [4.69, 9.17) is 5.73 Å². The summed E-state index contributed by atoms with van der Waals surface area (Å²) >= 11 is 0. The highest BCUT2D eigenvalue weighted by atomic mass is 16.2. The Balaban J connectivity index is 2.20. The highest BCUT2D eigenvalue weighted by Crippen LogP contribution is 2.19. The van der Waals surface area contributed by atoms with Crippen molar-refractivity contribution in [3.63, 3.8) is 0 Å². The van der Waals surface area contributed by atoms with Gasteiger partial charge in [0.05, 0.1) is 0 Å². The maximum atomic E-state index is 12.1. The van der Waals surface area contributed by atoms with Crippen molar-refractivity contribution >= 4 is 17.5 Å². The lowest BCUT2D eigenvalue weighted by atomic mass is 10.1. The molecular weight excluding hydrogens is 252 g/mol. The van der Waals surface area contributed by atoms with Crippen LogP contribution in [0.3, 0.4) is 0 Å². The van der Waals surface area contributed by atoms with Gasteiger partial charge < -0.3 is 11.1 Å². The number of benzene rings is 2. The molecule has 0 atom stereocenters. The lowest BCUT2D eigenvalue weighted by Crippen LogP contribution is -2.14. The van der Waals surface area contributed by atoms with E-state index >= 15 is 0 Å². The van der Waals surface area contributed by atoms with Crippen LogP contribution in [0.1, 0.15) is 31.8 Å². The number of carbonyl (C=O) groups excluding carboxylic acids is 2. The third kappa shape index (κ3) is 2.85. The standard InChI is InChI=1S/C16H16N2O2/c1-10-4-3-5-14(11(10)2)18-16(20)13-8-6-12(7-9-13)15(17)19/h3-9H,1-2H3,(H2,17,19)(H,18,20). The summed E-state index contributed by atoms with van der Waals surface area (Å²) < 4.78 is 0. The van der Waals surface area contributed by atoms with Crippen LogP contribution in [0.15, 0.2) is 42.5 Å². The van der Waals surface area contributed by atoms with Gasteiger partial charge in [0.15, 0.2) is 0 Å². The maximum absolute atomic E-state index is 12.1. The van der Waals surface area contributed by atoms with Crippen molar-refractivity contribution in [2.45, 2.75) is 13.8 Å². The third-order valence-corrected chi connectivity index (χ3v) is 3.28. The molecule has 102 valence electrons. The molecule has 20 heavy (non-hydrogen) atoms. The second-order valence-corrected chi connectivity index (χ2v) is 4.64. The van der Waals surface area contributed by atoms with E-state index in [2.05, 4.69) is 5.32 Å². The highest BCUT2D eigenvalue weighted by Gasteiger charge is 2.09. The zero-order valence-electron chi connectivity index (χ0n) is 11.4. The van der Waals surface area contributed by atoms with Gasteiger partial charge in [-0.05, 0) is 55.3 Å². The van der Waals surface area contributed by atoms with Gasteiger partial charge in [-0.25, -0.2) is 0 Å². The fourth-order valence-corrected chi connectivity index (χ4v) is 1.87. The Labute approximate surface area is 117 Å². The van der Waals surface area contributed by atoms with Crippen LogP contribution < -0.4 is 11.1 Å². The molecule has 0 bridgehead atoms. The number of hydrogen-bond acceptors (Lipinski definition) is 2. The van der Waals surface area contributed by atoms with Crippen LogP contribution in [0.4, 0.5) is 5.69 Å². The van der Waals surface area contributed by atoms with Crippen LogP contribution in [0.5, 0.6) is 0 Å². The lowest BCUT2D eigenvalue weighted by Gasteiger charge is -2.10. The minimum atomic E-state index is -0.508. The molecule has 0 spiro atoms. The van der Waals surface area contributed by atoms with Crippen LogP contribution in [0.2, 0.25) is 0 Å². The number of amides is 2. The molecule has 0 aromatic heterocycles. The number of primary amides is 1. The molecule has 2 rings (SSSR count). The van der Waals surface area contributed by atoms with Crippen molar-refractivity contribution < 1.29 is 9.59 Å². The fraction of sp³-hybridized carbons (Fsp3) is 0.125. The molecule has 0 unspecified atom stereocenters. The minimum absolute atomic E-state index is 0.213. The van der Waals surface area contributed by atoms with E-state index in [1.165, 1.54) is 0 Å². The predicted molar refractivity (Wildman–Crippen MR) is 78.8 cm³/mol. The van der Waals surface area contributed by atoms with E-state index in [-0.39, 0.29) is 5.91 Å². The Morgan fingerprint density at radius 2 is 1.55 bits per heavy atom. The quantitative estimate of drug-likeness (QED) is 0.898. The number of carbonyl (C=O) groups is 2. The summed E-state index contributed by atoms with van der Waals surface area (Å²) in [6.07, 6.45) is 0. The first kappa shape index (κ1) is 13.8. The van der Waals surface area contributed by atoms with Gasteiger partial charge >= 0.3 is 0 Å². The van der Waals surface area contributed by atoms with Crippen molar-refractivity contribution in [2.75, 3.05) is 5.32 Å². The molecule has 3 N–H and O–H groups in total. The van der Waals surface area contributed by atoms with Gasteiger partial charge in [0.25, 0.3) is 5.91 Å². The van der Waals surface area contributed by atoms with Gasteiger partial charge in [0, 0.05) is 16.8 Å². The summed E-state index contributed by atoms with van der Waals surface area (Å²) in [7, 11) is 0. The van der Waals surface area contributed by atoms with Gasteiger partial charge in [0.1, 0.15) is 0 Å². The summed E-state index contributed by atoms with van der Waals surface area (Å²) in [5.41, 5.74) is 8.97. The number of rotatable bonds is 3. The van der Waals surface area contributed by atoms with Crippen molar-refractivity contribution in [2.24, 2.45) is 5.73 Å². The van der Waals surface area contributed by atoms with E-state index in [1.54, 1.807) is 24.3 Å². The third-order valence-electron chi connectivity index (χ3n) is 3.28. The van der Waals surface area contributed by atoms with Gasteiger partial charge in [0.2, 0.25) is 5.91 Å². The summed E-state index contributed by atoms with van der Waals surface area (Å²) in [5.74, 6) is -0.721. The normalized spacial score (nSPS) is 10.1. The molecule has 2 amide bonds. The monoisotopic (exact) mass is 268 g/mol. The molecule has 0 saturated carbocycles. The average molecular weight is 268 g/mol. The molecule has 0 aliphatic rings. The first-order chi connectivity index (χ1) is 9.49. The van der Waals surface area contributed by atoms with Crippen LogP contribution in [0, 0.1) is 13.8 Å². The molecule has 2 aromatic carbocycles. The van der Waals surface area contributed by atoms with E-state index in [1.807, 2.05) is 32.0 Å². The second-order valence-electron chi connectivity index (χ2n) is 4.64. The zero-order valence-corrected chi connectivity index (χ0v) is 11.4. The van der Waals surface area contributed by atoms with Crippen molar-refractivity contribution in [3.05, 3.63) is 64.7 Å². The van der Waals surface area contributed by atoms with Crippen molar-refractivity contribution in [1.29, 1.82) is 0 Å². The van der Waals surface area contributed by atoms with Gasteiger partial charge in [-0.2, -0.15) is 0 Å². The molecule has 0 aliphatic heterocycles. The van der Waals surface area contributed by atoms with Crippen LogP contribution in [0.25, 0.3) is 0 Å². The average Bonchev–Trinajstić information content (AvgIpc) is 2.44. The van der Waals surface area contributed by atoms with E-state index in [0.29, 0.717) is 11.1 Å². The zero-order chi connectivity index (χ0) is 14.7. The number of nitrogens with one attached hydrogen (secondary N) is 1. The predicted octanol–water partition coefficient (Wildman–Crippen LogP) is 2.65. The fourth-order valence-electron chi connectivity index (χ4n) is 1.87. The smallest absolute Gasteiger partial charge is 0.255 e. The van der Waals surface area contributed by atoms with Crippen LogP contribution >= 0.6 is 0 Å². The largest absolute Gasteiger partial charge is 0.366 e. The number of aryl methyl sites for hydroxylation is 1. The van der Waals surface area contributed by atoms with Crippen molar-refractivity contribution in [1.82, 2.24) is 0 Å². The van der Waals surface area contributed by atoms with Gasteiger partial charge in [-0.3, -0.25) is 9.59 Å². The van der Waals surface area contributed by atoms with Crippen molar-refractivity contribution in [3.8, 4) is 0 Å². The summed E-state index contributed by atoms with van der Waals surface area (Å²) in [6.45, 7) is 3.95. The number of anilines is 1. The molecule has 0 heterocycles. The van der Waals surface area contributed by atoms with Gasteiger partial charge in [-0.1, -0.05) is 12.1 Å². The Hall–Kier alpha value is -2.62. The van der Waals surface area contributed by atoms with Crippen LogP contribution in [-0.4, -0.2) is 11.8 Å².